The van der Waals surface area contributed by atoms with E-state index in [0.717, 1.165) is 31.3 Å². The summed E-state index contributed by atoms with van der Waals surface area (Å²) in [5, 5.41) is 3.44. The first-order valence-electron chi connectivity index (χ1n) is 4.89. The summed E-state index contributed by atoms with van der Waals surface area (Å²) in [6, 6.07) is 0. The monoisotopic (exact) mass is 169 g/mol. The smallest absolute Gasteiger partial charge is 0.00117 e. The van der Waals surface area contributed by atoms with Crippen LogP contribution in [0.4, 0.5) is 0 Å². The first kappa shape index (κ1) is 11.7. The van der Waals surface area contributed by atoms with Crippen molar-refractivity contribution < 1.29 is 0 Å². The lowest BCUT2D eigenvalue weighted by Gasteiger charge is -2.15. The fraction of sp³-hybridized carbons (Fsp3) is 0.818. The Morgan fingerprint density at radius 1 is 1.33 bits per heavy atom. The number of rotatable bonds is 6. The molecule has 0 aromatic rings. The highest BCUT2D eigenvalue weighted by Gasteiger charge is 2.04. The molecule has 0 saturated heterocycles. The highest BCUT2D eigenvalue weighted by molar-refractivity contribution is 4.88. The van der Waals surface area contributed by atoms with Crippen molar-refractivity contribution in [2.75, 3.05) is 13.1 Å². The van der Waals surface area contributed by atoms with Crippen LogP contribution in [0.2, 0.25) is 0 Å². The maximum absolute atomic E-state index is 3.87. The van der Waals surface area contributed by atoms with E-state index in [9.17, 15) is 0 Å². The van der Waals surface area contributed by atoms with Gasteiger partial charge in [-0.15, -0.1) is 6.58 Å². The topological polar surface area (TPSA) is 12.0 Å². The molecule has 72 valence electrons. The van der Waals surface area contributed by atoms with E-state index in [4.69, 9.17) is 0 Å². The second kappa shape index (κ2) is 6.24. The molecule has 0 bridgehead atoms. The molecule has 0 radical (unpaired) electrons. The molecule has 1 unspecified atom stereocenters. The average molecular weight is 169 g/mol. The van der Waals surface area contributed by atoms with Gasteiger partial charge in [-0.3, -0.25) is 0 Å². The third-order valence-electron chi connectivity index (χ3n) is 2.33. The molecule has 0 aliphatic rings. The van der Waals surface area contributed by atoms with E-state index in [1.165, 1.54) is 5.57 Å². The van der Waals surface area contributed by atoms with Gasteiger partial charge in [-0.05, 0) is 38.3 Å². The first-order chi connectivity index (χ1) is 5.54. The minimum Gasteiger partial charge on any atom is -0.316 e. The van der Waals surface area contributed by atoms with E-state index < -0.39 is 0 Å². The van der Waals surface area contributed by atoms with Gasteiger partial charge in [0.15, 0.2) is 0 Å². The molecule has 1 heteroatoms. The lowest BCUT2D eigenvalue weighted by atomic mass is 9.98. The quantitative estimate of drug-likeness (QED) is 0.476. The molecule has 0 heterocycles. The van der Waals surface area contributed by atoms with Crippen LogP contribution < -0.4 is 5.32 Å². The molecule has 0 spiro atoms. The zero-order valence-corrected chi connectivity index (χ0v) is 8.98. The average Bonchev–Trinajstić information content (AvgIpc) is 1.97. The van der Waals surface area contributed by atoms with Crippen molar-refractivity contribution in [3.63, 3.8) is 0 Å². The van der Waals surface area contributed by atoms with Crippen molar-refractivity contribution in [2.45, 2.75) is 34.1 Å². The van der Waals surface area contributed by atoms with Crippen LogP contribution in [0.3, 0.4) is 0 Å². The van der Waals surface area contributed by atoms with Crippen LogP contribution in [0.1, 0.15) is 34.1 Å². The Bertz CT molecular complexity index is 127. The maximum Gasteiger partial charge on any atom is -0.00117 e. The van der Waals surface area contributed by atoms with Crippen LogP contribution in [-0.2, 0) is 0 Å². The van der Waals surface area contributed by atoms with E-state index in [2.05, 4.69) is 39.6 Å². The van der Waals surface area contributed by atoms with E-state index in [0.29, 0.717) is 0 Å². The van der Waals surface area contributed by atoms with E-state index in [-0.39, 0.29) is 0 Å². The second-order valence-electron chi connectivity index (χ2n) is 4.13. The lowest BCUT2D eigenvalue weighted by Crippen LogP contribution is -2.25. The third-order valence-corrected chi connectivity index (χ3v) is 2.33. The molecule has 0 fully saturated rings. The Hall–Kier alpha value is -0.300. The van der Waals surface area contributed by atoms with Crippen molar-refractivity contribution >= 4 is 0 Å². The van der Waals surface area contributed by atoms with Crippen molar-refractivity contribution in [3.8, 4) is 0 Å². The number of hydrogen-bond donors (Lipinski definition) is 1. The summed E-state index contributed by atoms with van der Waals surface area (Å²) in [4.78, 5) is 0. The number of hydrogen-bond acceptors (Lipinski definition) is 1. The zero-order chi connectivity index (χ0) is 9.56. The molecule has 0 saturated carbocycles. The van der Waals surface area contributed by atoms with Gasteiger partial charge in [0.05, 0.1) is 0 Å². The van der Waals surface area contributed by atoms with Crippen molar-refractivity contribution in [2.24, 2.45) is 11.8 Å². The Labute approximate surface area is 77.2 Å². The molecule has 0 rings (SSSR count). The van der Waals surface area contributed by atoms with Crippen LogP contribution in [0.25, 0.3) is 0 Å². The van der Waals surface area contributed by atoms with Crippen molar-refractivity contribution in [1.29, 1.82) is 0 Å². The molecule has 0 aliphatic heterocycles. The van der Waals surface area contributed by atoms with Gasteiger partial charge < -0.3 is 5.32 Å². The molecular formula is C11H23N. The summed E-state index contributed by atoms with van der Waals surface area (Å²) < 4.78 is 0. The highest BCUT2D eigenvalue weighted by Crippen LogP contribution is 2.07. The molecule has 0 aromatic heterocycles. The van der Waals surface area contributed by atoms with Gasteiger partial charge in [0.25, 0.3) is 0 Å². The van der Waals surface area contributed by atoms with Gasteiger partial charge in [-0.1, -0.05) is 26.3 Å². The molecule has 0 aliphatic carbocycles. The zero-order valence-electron chi connectivity index (χ0n) is 8.98. The molecule has 12 heavy (non-hydrogen) atoms. The van der Waals surface area contributed by atoms with Crippen LogP contribution in [0.15, 0.2) is 12.2 Å². The Kier molecular flexibility index (Phi) is 6.09. The van der Waals surface area contributed by atoms with E-state index in [1.807, 2.05) is 0 Å². The maximum atomic E-state index is 3.87. The summed E-state index contributed by atoms with van der Waals surface area (Å²) >= 11 is 0. The molecule has 1 atom stereocenters. The van der Waals surface area contributed by atoms with Gasteiger partial charge in [0.1, 0.15) is 0 Å². The minimum atomic E-state index is 0.773. The summed E-state index contributed by atoms with van der Waals surface area (Å²) in [5.74, 6) is 1.55. The fourth-order valence-electron chi connectivity index (χ4n) is 0.867. The van der Waals surface area contributed by atoms with Crippen molar-refractivity contribution in [3.05, 3.63) is 12.2 Å². The van der Waals surface area contributed by atoms with E-state index in [1.54, 1.807) is 0 Å². The molecule has 0 amide bonds. The third kappa shape index (κ3) is 6.41. The van der Waals surface area contributed by atoms with Gasteiger partial charge in [0, 0.05) is 0 Å². The molecule has 1 N–H and O–H groups in total. The van der Waals surface area contributed by atoms with Gasteiger partial charge in [-0.2, -0.15) is 0 Å². The second-order valence-corrected chi connectivity index (χ2v) is 4.13. The predicted molar refractivity (Wildman–Crippen MR) is 56.3 cm³/mol. The van der Waals surface area contributed by atoms with Gasteiger partial charge >= 0.3 is 0 Å². The lowest BCUT2D eigenvalue weighted by molar-refractivity contribution is 0.394. The highest BCUT2D eigenvalue weighted by atomic mass is 14.8. The van der Waals surface area contributed by atoms with Crippen molar-refractivity contribution in [1.82, 2.24) is 5.32 Å². The summed E-state index contributed by atoms with van der Waals surface area (Å²) in [5.41, 5.74) is 1.26. The van der Waals surface area contributed by atoms with Gasteiger partial charge in [-0.25, -0.2) is 0 Å². The molecule has 0 aromatic carbocycles. The largest absolute Gasteiger partial charge is 0.316 e. The Morgan fingerprint density at radius 3 is 2.33 bits per heavy atom. The van der Waals surface area contributed by atoms with Crippen LogP contribution in [0, 0.1) is 11.8 Å². The summed E-state index contributed by atoms with van der Waals surface area (Å²) in [7, 11) is 0. The molecular weight excluding hydrogens is 146 g/mol. The fourth-order valence-corrected chi connectivity index (χ4v) is 0.867. The standard InChI is InChI=1S/C11H23N/c1-9(2)6-7-12-8-11(5)10(3)4/h10-12H,1,6-8H2,2-5H3. The molecule has 1 nitrogen and oxygen atoms in total. The minimum absolute atomic E-state index is 0.773. The first-order valence-corrected chi connectivity index (χ1v) is 4.89. The van der Waals surface area contributed by atoms with E-state index >= 15 is 0 Å². The normalized spacial score (nSPS) is 13.4. The summed E-state index contributed by atoms with van der Waals surface area (Å²) in [6.45, 7) is 15.0. The Balaban J connectivity index is 3.25. The van der Waals surface area contributed by atoms with Crippen LogP contribution >= 0.6 is 0 Å². The van der Waals surface area contributed by atoms with Crippen LogP contribution in [-0.4, -0.2) is 13.1 Å². The van der Waals surface area contributed by atoms with Gasteiger partial charge in [0.2, 0.25) is 0 Å². The summed E-state index contributed by atoms with van der Waals surface area (Å²) in [6.07, 6.45) is 1.10. The SMILES string of the molecule is C=C(C)CCNCC(C)C(C)C. The predicted octanol–water partition coefficient (Wildman–Crippen LogP) is 2.83. The number of nitrogens with one attached hydrogen (secondary N) is 1. The van der Waals surface area contributed by atoms with Crippen LogP contribution in [0.5, 0.6) is 0 Å². The Morgan fingerprint density at radius 2 is 1.92 bits per heavy atom.